The smallest absolute Gasteiger partial charge is 0.0558 e. The van der Waals surface area contributed by atoms with Crippen LogP contribution in [0, 0.1) is 0 Å². The third-order valence-electron chi connectivity index (χ3n) is 4.72. The Morgan fingerprint density at radius 3 is 2.75 bits per heavy atom. The number of hydrogen-bond acceptors (Lipinski definition) is 2. The van der Waals surface area contributed by atoms with Gasteiger partial charge in [0.05, 0.1) is 6.10 Å². The van der Waals surface area contributed by atoms with Gasteiger partial charge in [-0.3, -0.25) is 0 Å². The summed E-state index contributed by atoms with van der Waals surface area (Å²) in [6.45, 7) is 7.55. The molecular formula is C18H29NO. The maximum atomic E-state index is 10.3. The Hall–Kier alpha value is -0.860. The predicted molar refractivity (Wildman–Crippen MR) is 85.1 cm³/mol. The predicted octanol–water partition coefficient (Wildman–Crippen LogP) is 3.59. The summed E-state index contributed by atoms with van der Waals surface area (Å²) in [5, 5.41) is 10.3. The molecule has 1 aromatic rings. The largest absolute Gasteiger partial charge is 0.393 e. The number of rotatable bonds is 7. The number of hydrogen-bond donors (Lipinski definition) is 1. The second-order valence-corrected chi connectivity index (χ2v) is 5.99. The Kier molecular flexibility index (Phi) is 6.06. The molecular weight excluding hydrogens is 246 g/mol. The van der Waals surface area contributed by atoms with Crippen LogP contribution < -0.4 is 0 Å². The lowest BCUT2D eigenvalue weighted by Crippen LogP contribution is -2.28. The number of aryl methyl sites for hydroxylation is 1. The van der Waals surface area contributed by atoms with Crippen LogP contribution >= 0.6 is 0 Å². The van der Waals surface area contributed by atoms with Crippen LogP contribution in [0.5, 0.6) is 0 Å². The molecule has 0 bridgehead atoms. The van der Waals surface area contributed by atoms with E-state index in [0.29, 0.717) is 5.92 Å². The summed E-state index contributed by atoms with van der Waals surface area (Å²) in [6, 6.07) is 8.79. The third-order valence-corrected chi connectivity index (χ3v) is 4.72. The number of fused-ring (bicyclic) bond motifs is 1. The van der Waals surface area contributed by atoms with Crippen LogP contribution in [-0.4, -0.2) is 35.7 Å². The number of aliphatic hydroxyl groups excluding tert-OH is 1. The minimum absolute atomic E-state index is 0.160. The van der Waals surface area contributed by atoms with Crippen molar-refractivity contribution in [1.82, 2.24) is 4.90 Å². The minimum Gasteiger partial charge on any atom is -0.393 e. The topological polar surface area (TPSA) is 23.5 Å². The summed E-state index contributed by atoms with van der Waals surface area (Å²) in [5.74, 6) is 0.562. The van der Waals surface area contributed by atoms with Gasteiger partial charge in [0.25, 0.3) is 0 Å². The summed E-state index contributed by atoms with van der Waals surface area (Å²) in [4.78, 5) is 2.39. The van der Waals surface area contributed by atoms with Gasteiger partial charge in [0.15, 0.2) is 0 Å². The van der Waals surface area contributed by atoms with Crippen LogP contribution in [0.25, 0.3) is 0 Å². The van der Waals surface area contributed by atoms with Gasteiger partial charge in [0.2, 0.25) is 0 Å². The molecule has 0 heterocycles. The zero-order valence-electron chi connectivity index (χ0n) is 13.0. The summed E-state index contributed by atoms with van der Waals surface area (Å²) in [6.07, 6.45) is 5.39. The van der Waals surface area contributed by atoms with Crippen LogP contribution in [0.3, 0.4) is 0 Å². The molecule has 2 atom stereocenters. The van der Waals surface area contributed by atoms with Gasteiger partial charge < -0.3 is 10.0 Å². The van der Waals surface area contributed by atoms with Crippen molar-refractivity contribution >= 4 is 0 Å². The molecule has 0 aliphatic heterocycles. The lowest BCUT2D eigenvalue weighted by atomic mass is 9.79. The fourth-order valence-corrected chi connectivity index (χ4v) is 3.42. The van der Waals surface area contributed by atoms with Gasteiger partial charge in [0, 0.05) is 6.54 Å². The maximum Gasteiger partial charge on any atom is 0.0558 e. The van der Waals surface area contributed by atoms with Crippen LogP contribution in [0.1, 0.15) is 56.6 Å². The lowest BCUT2D eigenvalue weighted by Gasteiger charge is -2.28. The zero-order chi connectivity index (χ0) is 14.4. The van der Waals surface area contributed by atoms with Crippen LogP contribution in [0.15, 0.2) is 24.3 Å². The van der Waals surface area contributed by atoms with Crippen molar-refractivity contribution in [2.45, 2.75) is 58.0 Å². The van der Waals surface area contributed by atoms with Crippen molar-refractivity contribution in [3.63, 3.8) is 0 Å². The number of aliphatic hydroxyl groups is 1. The molecule has 2 nitrogen and oxygen atoms in total. The Labute approximate surface area is 123 Å². The van der Waals surface area contributed by atoms with E-state index >= 15 is 0 Å². The van der Waals surface area contributed by atoms with Crippen LogP contribution in [0.2, 0.25) is 0 Å². The van der Waals surface area contributed by atoms with E-state index in [9.17, 15) is 5.11 Å². The average molecular weight is 275 g/mol. The zero-order valence-corrected chi connectivity index (χ0v) is 13.0. The molecule has 2 heteroatoms. The van der Waals surface area contributed by atoms with Gasteiger partial charge in [0.1, 0.15) is 0 Å². The van der Waals surface area contributed by atoms with E-state index in [-0.39, 0.29) is 6.10 Å². The van der Waals surface area contributed by atoms with Gasteiger partial charge in [-0.25, -0.2) is 0 Å². The first-order valence-corrected chi connectivity index (χ1v) is 8.22. The summed E-state index contributed by atoms with van der Waals surface area (Å²) < 4.78 is 0. The third kappa shape index (κ3) is 4.07. The van der Waals surface area contributed by atoms with E-state index in [1.54, 1.807) is 0 Å². The highest BCUT2D eigenvalue weighted by Gasteiger charge is 2.22. The van der Waals surface area contributed by atoms with E-state index in [0.717, 1.165) is 32.5 Å². The van der Waals surface area contributed by atoms with Crippen molar-refractivity contribution < 1.29 is 5.11 Å². The standard InChI is InChI=1S/C18H29NO/c1-3-19(4-2)13-12-17(20)14-16-10-7-9-15-8-5-6-11-18(15)16/h5-6,8,11,16-17,20H,3-4,7,9-10,12-14H2,1-2H3. The van der Waals surface area contributed by atoms with E-state index in [4.69, 9.17) is 0 Å². The number of benzene rings is 1. The van der Waals surface area contributed by atoms with Gasteiger partial charge in [-0.15, -0.1) is 0 Å². The Balaban J connectivity index is 1.87. The Morgan fingerprint density at radius 1 is 1.25 bits per heavy atom. The van der Waals surface area contributed by atoms with Crippen molar-refractivity contribution in [2.24, 2.45) is 0 Å². The molecule has 1 aliphatic rings. The van der Waals surface area contributed by atoms with Gasteiger partial charge in [-0.2, -0.15) is 0 Å². The first-order chi connectivity index (χ1) is 9.74. The summed E-state index contributed by atoms with van der Waals surface area (Å²) >= 11 is 0. The molecule has 2 unspecified atom stereocenters. The molecule has 0 amide bonds. The van der Waals surface area contributed by atoms with Gasteiger partial charge >= 0.3 is 0 Å². The second kappa shape index (κ2) is 7.80. The molecule has 1 aliphatic carbocycles. The van der Waals surface area contributed by atoms with E-state index in [1.165, 1.54) is 30.4 Å². The molecule has 0 spiro atoms. The fraction of sp³-hybridized carbons (Fsp3) is 0.667. The highest BCUT2D eigenvalue weighted by atomic mass is 16.3. The first kappa shape index (κ1) is 15.5. The molecule has 0 fully saturated rings. The minimum atomic E-state index is -0.160. The monoisotopic (exact) mass is 275 g/mol. The molecule has 1 N–H and O–H groups in total. The molecule has 2 rings (SSSR count). The molecule has 20 heavy (non-hydrogen) atoms. The molecule has 0 aromatic heterocycles. The molecule has 1 aromatic carbocycles. The first-order valence-electron chi connectivity index (χ1n) is 8.22. The van der Waals surface area contributed by atoms with Gasteiger partial charge in [-0.1, -0.05) is 38.1 Å². The maximum absolute atomic E-state index is 10.3. The van der Waals surface area contributed by atoms with Crippen molar-refractivity contribution in [1.29, 1.82) is 0 Å². The average Bonchev–Trinajstić information content (AvgIpc) is 2.49. The highest BCUT2D eigenvalue weighted by Crippen LogP contribution is 2.34. The van der Waals surface area contributed by atoms with Crippen LogP contribution in [0.4, 0.5) is 0 Å². The van der Waals surface area contributed by atoms with Crippen molar-refractivity contribution in [3.8, 4) is 0 Å². The molecule has 112 valence electrons. The van der Waals surface area contributed by atoms with Gasteiger partial charge in [-0.05, 0) is 62.2 Å². The van der Waals surface area contributed by atoms with Crippen molar-refractivity contribution in [3.05, 3.63) is 35.4 Å². The number of nitrogens with zero attached hydrogens (tertiary/aromatic N) is 1. The fourth-order valence-electron chi connectivity index (χ4n) is 3.42. The molecule has 0 saturated carbocycles. The Morgan fingerprint density at radius 2 is 2.00 bits per heavy atom. The summed E-state index contributed by atoms with van der Waals surface area (Å²) in [5.41, 5.74) is 2.99. The Bertz CT molecular complexity index is 400. The van der Waals surface area contributed by atoms with E-state index in [2.05, 4.69) is 43.0 Å². The summed E-state index contributed by atoms with van der Waals surface area (Å²) in [7, 11) is 0. The normalized spacial score (nSPS) is 19.9. The van der Waals surface area contributed by atoms with E-state index in [1.807, 2.05) is 0 Å². The van der Waals surface area contributed by atoms with Crippen molar-refractivity contribution in [2.75, 3.05) is 19.6 Å². The molecule has 0 radical (unpaired) electrons. The SMILES string of the molecule is CCN(CC)CCC(O)CC1CCCc2ccccc21. The van der Waals surface area contributed by atoms with E-state index < -0.39 is 0 Å². The second-order valence-electron chi connectivity index (χ2n) is 5.99. The lowest BCUT2D eigenvalue weighted by molar-refractivity contribution is 0.125. The molecule has 0 saturated heterocycles. The van der Waals surface area contributed by atoms with Crippen LogP contribution in [-0.2, 0) is 6.42 Å². The quantitative estimate of drug-likeness (QED) is 0.822. The highest BCUT2D eigenvalue weighted by molar-refractivity contribution is 5.32.